The van der Waals surface area contributed by atoms with E-state index in [1.807, 2.05) is 44.3 Å². The summed E-state index contributed by atoms with van der Waals surface area (Å²) in [6, 6.07) is 9.86. The number of aromatic nitrogens is 2. The molecule has 1 saturated heterocycles. The van der Waals surface area contributed by atoms with Crippen LogP contribution in [0.25, 0.3) is 0 Å². The summed E-state index contributed by atoms with van der Waals surface area (Å²) in [4.78, 5) is 25.2. The molecule has 126 valence electrons. The molecule has 1 amide bonds. The van der Waals surface area contributed by atoms with E-state index in [2.05, 4.69) is 25.1 Å². The number of nitrogens with zero attached hydrogens (tertiary/aromatic N) is 4. The van der Waals surface area contributed by atoms with Gasteiger partial charge in [-0.1, -0.05) is 6.07 Å². The predicted octanol–water partition coefficient (Wildman–Crippen LogP) is 1.94. The van der Waals surface area contributed by atoms with E-state index in [9.17, 15) is 4.79 Å². The SMILES string of the molecule is CC(C)NC(=O)c1ccc(N2CCN(c3ccccn3)CC2)cn1. The van der Waals surface area contributed by atoms with Crippen molar-refractivity contribution in [3.8, 4) is 0 Å². The third-order valence-electron chi connectivity index (χ3n) is 4.02. The largest absolute Gasteiger partial charge is 0.367 e. The van der Waals surface area contributed by atoms with Crippen LogP contribution in [-0.4, -0.2) is 48.1 Å². The summed E-state index contributed by atoms with van der Waals surface area (Å²) in [6.07, 6.45) is 3.61. The zero-order valence-corrected chi connectivity index (χ0v) is 14.1. The van der Waals surface area contributed by atoms with Crippen molar-refractivity contribution in [3.63, 3.8) is 0 Å². The second-order valence-corrected chi connectivity index (χ2v) is 6.19. The van der Waals surface area contributed by atoms with Crippen LogP contribution in [0.3, 0.4) is 0 Å². The Morgan fingerprint density at radius 2 is 1.79 bits per heavy atom. The van der Waals surface area contributed by atoms with E-state index in [0.29, 0.717) is 5.69 Å². The Balaban J connectivity index is 1.59. The van der Waals surface area contributed by atoms with Crippen molar-refractivity contribution in [1.82, 2.24) is 15.3 Å². The van der Waals surface area contributed by atoms with E-state index in [0.717, 1.165) is 37.7 Å². The van der Waals surface area contributed by atoms with Crippen molar-refractivity contribution in [1.29, 1.82) is 0 Å². The number of pyridine rings is 2. The van der Waals surface area contributed by atoms with Crippen molar-refractivity contribution in [3.05, 3.63) is 48.4 Å². The lowest BCUT2D eigenvalue weighted by Crippen LogP contribution is -2.46. The summed E-state index contributed by atoms with van der Waals surface area (Å²) in [5, 5.41) is 2.85. The molecule has 2 aromatic heterocycles. The highest BCUT2D eigenvalue weighted by Crippen LogP contribution is 2.18. The lowest BCUT2D eigenvalue weighted by atomic mass is 10.2. The van der Waals surface area contributed by atoms with Crippen LogP contribution in [0.15, 0.2) is 42.7 Å². The summed E-state index contributed by atoms with van der Waals surface area (Å²) in [7, 11) is 0. The van der Waals surface area contributed by atoms with Gasteiger partial charge in [0.2, 0.25) is 0 Å². The summed E-state index contributed by atoms with van der Waals surface area (Å²) < 4.78 is 0. The zero-order chi connectivity index (χ0) is 16.9. The van der Waals surface area contributed by atoms with Gasteiger partial charge in [-0.15, -0.1) is 0 Å². The molecule has 0 bridgehead atoms. The minimum absolute atomic E-state index is 0.110. The minimum Gasteiger partial charge on any atom is -0.367 e. The van der Waals surface area contributed by atoms with Gasteiger partial charge in [0, 0.05) is 38.4 Å². The maximum atomic E-state index is 11.9. The highest BCUT2D eigenvalue weighted by molar-refractivity contribution is 5.92. The molecule has 3 heterocycles. The van der Waals surface area contributed by atoms with Crippen molar-refractivity contribution < 1.29 is 4.79 Å². The van der Waals surface area contributed by atoms with Crippen LogP contribution in [-0.2, 0) is 0 Å². The van der Waals surface area contributed by atoms with Gasteiger partial charge < -0.3 is 15.1 Å². The van der Waals surface area contributed by atoms with E-state index in [4.69, 9.17) is 0 Å². The van der Waals surface area contributed by atoms with Crippen LogP contribution < -0.4 is 15.1 Å². The number of hydrogen-bond donors (Lipinski definition) is 1. The first-order valence-electron chi connectivity index (χ1n) is 8.31. The van der Waals surface area contributed by atoms with Crippen LogP contribution in [0.5, 0.6) is 0 Å². The van der Waals surface area contributed by atoms with Gasteiger partial charge in [-0.2, -0.15) is 0 Å². The molecule has 0 saturated carbocycles. The third-order valence-corrected chi connectivity index (χ3v) is 4.02. The van der Waals surface area contributed by atoms with Crippen molar-refractivity contribution in [2.45, 2.75) is 19.9 Å². The normalized spacial score (nSPS) is 14.8. The maximum Gasteiger partial charge on any atom is 0.270 e. The lowest BCUT2D eigenvalue weighted by Gasteiger charge is -2.36. The molecule has 3 rings (SSSR count). The van der Waals surface area contributed by atoms with Gasteiger partial charge in [-0.3, -0.25) is 4.79 Å². The van der Waals surface area contributed by atoms with Gasteiger partial charge >= 0.3 is 0 Å². The molecular weight excluding hydrogens is 302 g/mol. The molecule has 6 nitrogen and oxygen atoms in total. The van der Waals surface area contributed by atoms with Crippen LogP contribution in [0.2, 0.25) is 0 Å². The fourth-order valence-corrected chi connectivity index (χ4v) is 2.78. The average molecular weight is 325 g/mol. The van der Waals surface area contributed by atoms with E-state index in [-0.39, 0.29) is 11.9 Å². The lowest BCUT2D eigenvalue weighted by molar-refractivity contribution is 0.0938. The molecule has 24 heavy (non-hydrogen) atoms. The summed E-state index contributed by atoms with van der Waals surface area (Å²) in [6.45, 7) is 7.55. The number of rotatable bonds is 4. The highest BCUT2D eigenvalue weighted by atomic mass is 16.1. The number of hydrogen-bond acceptors (Lipinski definition) is 5. The Kier molecular flexibility index (Phi) is 4.93. The number of piperazine rings is 1. The van der Waals surface area contributed by atoms with Crippen LogP contribution >= 0.6 is 0 Å². The smallest absolute Gasteiger partial charge is 0.270 e. The molecule has 0 aromatic carbocycles. The average Bonchev–Trinajstić information content (AvgIpc) is 2.62. The molecular formula is C18H23N5O. The number of nitrogens with one attached hydrogen (secondary N) is 1. The van der Waals surface area contributed by atoms with Crippen LogP contribution in [0, 0.1) is 0 Å². The second kappa shape index (κ2) is 7.29. The van der Waals surface area contributed by atoms with Crippen molar-refractivity contribution in [2.75, 3.05) is 36.0 Å². The summed E-state index contributed by atoms with van der Waals surface area (Å²) in [5.74, 6) is 0.896. The zero-order valence-electron chi connectivity index (χ0n) is 14.1. The fourth-order valence-electron chi connectivity index (χ4n) is 2.78. The Hall–Kier alpha value is -2.63. The first kappa shape index (κ1) is 16.2. The monoisotopic (exact) mass is 325 g/mol. The quantitative estimate of drug-likeness (QED) is 0.931. The van der Waals surface area contributed by atoms with Gasteiger partial charge in [0.1, 0.15) is 11.5 Å². The van der Waals surface area contributed by atoms with E-state index >= 15 is 0 Å². The van der Waals surface area contributed by atoms with E-state index < -0.39 is 0 Å². The molecule has 1 fully saturated rings. The molecule has 0 radical (unpaired) electrons. The Morgan fingerprint density at radius 1 is 1.04 bits per heavy atom. The molecule has 1 aliphatic rings. The van der Waals surface area contributed by atoms with Gasteiger partial charge in [-0.25, -0.2) is 9.97 Å². The third kappa shape index (κ3) is 3.82. The molecule has 6 heteroatoms. The second-order valence-electron chi connectivity index (χ2n) is 6.19. The van der Waals surface area contributed by atoms with Crippen LogP contribution in [0.1, 0.15) is 24.3 Å². The topological polar surface area (TPSA) is 61.4 Å². The maximum absolute atomic E-state index is 11.9. The Labute approximate surface area is 142 Å². The van der Waals surface area contributed by atoms with Gasteiger partial charge in [0.05, 0.1) is 11.9 Å². The van der Waals surface area contributed by atoms with E-state index in [1.54, 1.807) is 12.3 Å². The van der Waals surface area contributed by atoms with Gasteiger partial charge in [0.25, 0.3) is 5.91 Å². The predicted molar refractivity (Wildman–Crippen MR) is 95.5 cm³/mol. The molecule has 1 aliphatic heterocycles. The molecule has 0 atom stereocenters. The standard InChI is InChI=1S/C18H23N5O/c1-14(2)21-18(24)16-7-6-15(13-20-16)22-9-11-23(12-10-22)17-5-3-4-8-19-17/h3-8,13-14H,9-12H2,1-2H3,(H,21,24). The highest BCUT2D eigenvalue weighted by Gasteiger charge is 2.18. The molecule has 0 aliphatic carbocycles. The Bertz CT molecular complexity index is 664. The van der Waals surface area contributed by atoms with Crippen LogP contribution in [0.4, 0.5) is 11.5 Å². The first-order chi connectivity index (χ1) is 11.6. The van der Waals surface area contributed by atoms with Gasteiger partial charge in [-0.05, 0) is 38.1 Å². The van der Waals surface area contributed by atoms with Crippen molar-refractivity contribution >= 4 is 17.4 Å². The summed E-state index contributed by atoms with van der Waals surface area (Å²) >= 11 is 0. The first-order valence-corrected chi connectivity index (χ1v) is 8.31. The number of amides is 1. The summed E-state index contributed by atoms with van der Waals surface area (Å²) in [5.41, 5.74) is 1.51. The Morgan fingerprint density at radius 3 is 2.38 bits per heavy atom. The number of carbonyl (C=O) groups is 1. The van der Waals surface area contributed by atoms with Gasteiger partial charge in [0.15, 0.2) is 0 Å². The number of anilines is 2. The molecule has 0 spiro atoms. The number of carbonyl (C=O) groups excluding carboxylic acids is 1. The fraction of sp³-hybridized carbons (Fsp3) is 0.389. The minimum atomic E-state index is -0.128. The molecule has 2 aromatic rings. The molecule has 1 N–H and O–H groups in total. The van der Waals surface area contributed by atoms with Crippen molar-refractivity contribution in [2.24, 2.45) is 0 Å². The molecule has 0 unspecified atom stereocenters. The van der Waals surface area contributed by atoms with E-state index in [1.165, 1.54) is 0 Å².